The summed E-state index contributed by atoms with van der Waals surface area (Å²) in [7, 11) is 0. The molecule has 0 atom stereocenters. The zero-order valence-electron chi connectivity index (χ0n) is 7.67. The number of fused-ring (bicyclic) bond motifs is 1. The normalized spacial score (nSPS) is 10.9. The monoisotopic (exact) mass is 332 g/mol. The Labute approximate surface area is 102 Å². The smallest absolute Gasteiger partial charge is 0.371 e. The van der Waals surface area contributed by atoms with Crippen molar-refractivity contribution in [2.24, 2.45) is 0 Å². The number of aromatic carboxylic acids is 1. The maximum absolute atomic E-state index is 10.7. The summed E-state index contributed by atoms with van der Waals surface area (Å²) >= 11 is 6.77. The SMILES string of the molecule is Cc1c(Br)cc2cc(C(=O)O)oc2c1Br. The molecule has 0 aliphatic rings. The van der Waals surface area contributed by atoms with Crippen LogP contribution in [0, 0.1) is 6.92 Å². The van der Waals surface area contributed by atoms with Crippen molar-refractivity contribution in [2.45, 2.75) is 6.92 Å². The van der Waals surface area contributed by atoms with Gasteiger partial charge in [0.15, 0.2) is 0 Å². The van der Waals surface area contributed by atoms with Gasteiger partial charge in [0.05, 0.1) is 4.47 Å². The molecule has 0 amide bonds. The molecule has 15 heavy (non-hydrogen) atoms. The van der Waals surface area contributed by atoms with Gasteiger partial charge in [0, 0.05) is 9.86 Å². The van der Waals surface area contributed by atoms with Gasteiger partial charge in [-0.15, -0.1) is 0 Å². The average Bonchev–Trinajstić information content (AvgIpc) is 2.58. The van der Waals surface area contributed by atoms with Crippen LogP contribution in [0.1, 0.15) is 16.1 Å². The standard InChI is InChI=1S/C10H6Br2O3/c1-4-6(11)2-5-3-7(10(13)14)15-9(5)8(4)12/h2-3H,1H3,(H,13,14). The highest BCUT2D eigenvalue weighted by molar-refractivity contribution is 9.11. The molecule has 0 radical (unpaired) electrons. The number of hydrogen-bond donors (Lipinski definition) is 1. The van der Waals surface area contributed by atoms with Crippen LogP contribution in [0.25, 0.3) is 11.0 Å². The molecule has 0 fully saturated rings. The van der Waals surface area contributed by atoms with Gasteiger partial charge in [-0.2, -0.15) is 0 Å². The van der Waals surface area contributed by atoms with Crippen molar-refractivity contribution in [3.8, 4) is 0 Å². The van der Waals surface area contributed by atoms with Crippen molar-refractivity contribution in [3.63, 3.8) is 0 Å². The Kier molecular flexibility index (Phi) is 2.60. The van der Waals surface area contributed by atoms with Gasteiger partial charge in [-0.25, -0.2) is 4.79 Å². The molecule has 0 aliphatic carbocycles. The number of furan rings is 1. The fourth-order valence-electron chi connectivity index (χ4n) is 1.31. The predicted octanol–water partition coefficient (Wildman–Crippen LogP) is 3.96. The second-order valence-corrected chi connectivity index (χ2v) is 4.78. The summed E-state index contributed by atoms with van der Waals surface area (Å²) in [5, 5.41) is 9.56. The lowest BCUT2D eigenvalue weighted by atomic mass is 10.2. The van der Waals surface area contributed by atoms with Crippen LogP contribution in [0.4, 0.5) is 0 Å². The molecule has 1 aromatic heterocycles. The molecule has 0 spiro atoms. The van der Waals surface area contributed by atoms with E-state index in [0.717, 1.165) is 19.9 Å². The van der Waals surface area contributed by atoms with Crippen molar-refractivity contribution in [1.82, 2.24) is 0 Å². The van der Waals surface area contributed by atoms with Crippen LogP contribution in [0.5, 0.6) is 0 Å². The van der Waals surface area contributed by atoms with Gasteiger partial charge < -0.3 is 9.52 Å². The van der Waals surface area contributed by atoms with E-state index in [-0.39, 0.29) is 5.76 Å². The first kappa shape index (κ1) is 10.7. The van der Waals surface area contributed by atoms with Crippen LogP contribution < -0.4 is 0 Å². The fourth-order valence-corrected chi connectivity index (χ4v) is 2.54. The lowest BCUT2D eigenvalue weighted by Crippen LogP contribution is -1.91. The zero-order chi connectivity index (χ0) is 11.2. The summed E-state index contributed by atoms with van der Waals surface area (Å²) in [6.45, 7) is 1.91. The van der Waals surface area contributed by atoms with Gasteiger partial charge in [0.25, 0.3) is 0 Å². The van der Waals surface area contributed by atoms with Gasteiger partial charge in [-0.3, -0.25) is 0 Å². The molecular formula is C10H6Br2O3. The molecule has 0 saturated heterocycles. The third kappa shape index (κ3) is 1.70. The first-order chi connectivity index (χ1) is 7.00. The number of halogens is 2. The van der Waals surface area contributed by atoms with E-state index in [1.54, 1.807) is 0 Å². The number of hydrogen-bond acceptors (Lipinski definition) is 2. The molecule has 1 aromatic carbocycles. The summed E-state index contributed by atoms with van der Waals surface area (Å²) < 4.78 is 6.92. The molecule has 0 saturated carbocycles. The Bertz CT molecular complexity index is 557. The minimum atomic E-state index is -1.06. The van der Waals surface area contributed by atoms with Gasteiger partial charge >= 0.3 is 5.97 Å². The van der Waals surface area contributed by atoms with E-state index >= 15 is 0 Å². The van der Waals surface area contributed by atoms with Crippen molar-refractivity contribution in [1.29, 1.82) is 0 Å². The quantitative estimate of drug-likeness (QED) is 0.859. The van der Waals surface area contributed by atoms with E-state index in [9.17, 15) is 4.79 Å². The predicted molar refractivity (Wildman–Crippen MR) is 63.3 cm³/mol. The van der Waals surface area contributed by atoms with E-state index in [0.29, 0.717) is 5.58 Å². The second-order valence-electron chi connectivity index (χ2n) is 3.13. The van der Waals surface area contributed by atoms with E-state index in [1.807, 2.05) is 13.0 Å². The summed E-state index contributed by atoms with van der Waals surface area (Å²) in [5.74, 6) is -1.12. The Hall–Kier alpha value is -0.810. The van der Waals surface area contributed by atoms with Gasteiger partial charge in [0.2, 0.25) is 5.76 Å². The molecule has 2 aromatic rings. The summed E-state index contributed by atoms with van der Waals surface area (Å²) in [5.41, 5.74) is 1.54. The molecule has 2 rings (SSSR count). The molecular weight excluding hydrogens is 328 g/mol. The third-order valence-electron chi connectivity index (χ3n) is 2.14. The van der Waals surface area contributed by atoms with Crippen LogP contribution >= 0.6 is 31.9 Å². The van der Waals surface area contributed by atoms with Crippen molar-refractivity contribution in [3.05, 3.63) is 32.4 Å². The lowest BCUT2D eigenvalue weighted by Gasteiger charge is -2.01. The van der Waals surface area contributed by atoms with E-state index in [4.69, 9.17) is 9.52 Å². The minimum absolute atomic E-state index is 0.0526. The maximum Gasteiger partial charge on any atom is 0.371 e. The Morgan fingerprint density at radius 2 is 2.07 bits per heavy atom. The van der Waals surface area contributed by atoms with Crippen LogP contribution in [-0.2, 0) is 0 Å². The zero-order valence-corrected chi connectivity index (χ0v) is 10.8. The molecule has 0 aliphatic heterocycles. The summed E-state index contributed by atoms with van der Waals surface area (Å²) in [6.07, 6.45) is 0. The second kappa shape index (κ2) is 3.64. The molecule has 1 heterocycles. The van der Waals surface area contributed by atoms with Crippen LogP contribution in [-0.4, -0.2) is 11.1 Å². The topological polar surface area (TPSA) is 50.4 Å². The van der Waals surface area contributed by atoms with Crippen LogP contribution in [0.3, 0.4) is 0 Å². The number of rotatable bonds is 1. The minimum Gasteiger partial charge on any atom is -0.475 e. The van der Waals surface area contributed by atoms with Crippen molar-refractivity contribution < 1.29 is 14.3 Å². The van der Waals surface area contributed by atoms with Crippen LogP contribution in [0.2, 0.25) is 0 Å². The molecule has 0 unspecified atom stereocenters. The molecule has 3 nitrogen and oxygen atoms in total. The number of carboxylic acids is 1. The molecule has 1 N–H and O–H groups in total. The van der Waals surface area contributed by atoms with E-state index in [1.165, 1.54) is 6.07 Å². The van der Waals surface area contributed by atoms with E-state index in [2.05, 4.69) is 31.9 Å². The summed E-state index contributed by atoms with van der Waals surface area (Å²) in [4.78, 5) is 10.7. The molecule has 0 bridgehead atoms. The third-order valence-corrected chi connectivity index (χ3v) is 3.92. The molecule has 78 valence electrons. The Balaban J connectivity index is 2.82. The largest absolute Gasteiger partial charge is 0.475 e. The van der Waals surface area contributed by atoms with Gasteiger partial charge in [0.1, 0.15) is 5.58 Å². The Morgan fingerprint density at radius 3 is 2.67 bits per heavy atom. The van der Waals surface area contributed by atoms with Crippen LogP contribution in [0.15, 0.2) is 25.5 Å². The van der Waals surface area contributed by atoms with Gasteiger partial charge in [-0.1, -0.05) is 15.9 Å². The first-order valence-corrected chi connectivity index (χ1v) is 5.70. The van der Waals surface area contributed by atoms with Crippen molar-refractivity contribution in [2.75, 3.05) is 0 Å². The first-order valence-electron chi connectivity index (χ1n) is 4.12. The van der Waals surface area contributed by atoms with Crippen molar-refractivity contribution >= 4 is 48.8 Å². The number of benzene rings is 1. The lowest BCUT2D eigenvalue weighted by molar-refractivity contribution is 0.0665. The average molecular weight is 334 g/mol. The highest BCUT2D eigenvalue weighted by atomic mass is 79.9. The van der Waals surface area contributed by atoms with E-state index < -0.39 is 5.97 Å². The molecule has 5 heteroatoms. The number of carboxylic acid groups (broad SMARTS) is 1. The highest BCUT2D eigenvalue weighted by Gasteiger charge is 2.15. The van der Waals surface area contributed by atoms with Gasteiger partial charge in [-0.05, 0) is 40.5 Å². The maximum atomic E-state index is 10.7. The highest BCUT2D eigenvalue weighted by Crippen LogP contribution is 2.34. The fraction of sp³-hybridized carbons (Fsp3) is 0.100. The summed E-state index contributed by atoms with van der Waals surface area (Å²) in [6, 6.07) is 3.35. The Morgan fingerprint density at radius 1 is 1.40 bits per heavy atom. The number of carbonyl (C=O) groups is 1.